The van der Waals surface area contributed by atoms with Gasteiger partial charge in [-0.1, -0.05) is 0 Å². The summed E-state index contributed by atoms with van der Waals surface area (Å²) in [6.07, 6.45) is 1.58. The van der Waals surface area contributed by atoms with Gasteiger partial charge in [0.15, 0.2) is 5.78 Å². The third-order valence-corrected chi connectivity index (χ3v) is 2.59. The van der Waals surface area contributed by atoms with E-state index in [1.54, 1.807) is 12.3 Å². The third kappa shape index (κ3) is 5.50. The van der Waals surface area contributed by atoms with Gasteiger partial charge < -0.3 is 15.4 Å². The van der Waals surface area contributed by atoms with Gasteiger partial charge in [0.25, 0.3) is 0 Å². The minimum Gasteiger partial charge on any atom is -0.378 e. The van der Waals surface area contributed by atoms with Crippen LogP contribution >= 0.6 is 37.2 Å². The Labute approximate surface area is 131 Å². The molecule has 0 aliphatic carbocycles. The molecule has 5 nitrogen and oxygen atoms in total. The molecule has 8 heteroatoms. The van der Waals surface area contributed by atoms with Crippen LogP contribution in [0, 0.1) is 0 Å². The topological polar surface area (TPSA) is 68.5 Å². The molecule has 0 bridgehead atoms. The van der Waals surface area contributed by atoms with Gasteiger partial charge in [-0.15, -0.1) is 37.2 Å². The summed E-state index contributed by atoms with van der Waals surface area (Å²) >= 11 is 0. The van der Waals surface area contributed by atoms with E-state index in [1.165, 1.54) is 0 Å². The first-order valence-corrected chi connectivity index (χ1v) is 5.33. The van der Waals surface area contributed by atoms with Crippen molar-refractivity contribution < 1.29 is 9.53 Å². The van der Waals surface area contributed by atoms with Gasteiger partial charge >= 0.3 is 0 Å². The molecule has 2 N–H and O–H groups in total. The lowest BCUT2D eigenvalue weighted by Gasteiger charge is -2.27. The highest BCUT2D eigenvalue weighted by Gasteiger charge is 2.12. The van der Waals surface area contributed by atoms with Crippen LogP contribution in [0.2, 0.25) is 0 Å². The second-order valence-corrected chi connectivity index (χ2v) is 3.63. The van der Waals surface area contributed by atoms with Crippen molar-refractivity contribution in [2.45, 2.75) is 0 Å². The second-order valence-electron chi connectivity index (χ2n) is 3.63. The fraction of sp³-hybridized carbons (Fsp3) is 0.455. The highest BCUT2D eigenvalue weighted by Crippen LogP contribution is 2.12. The van der Waals surface area contributed by atoms with Crippen molar-refractivity contribution in [3.05, 3.63) is 23.9 Å². The van der Waals surface area contributed by atoms with Gasteiger partial charge in [-0.25, -0.2) is 4.98 Å². The van der Waals surface area contributed by atoms with Crippen molar-refractivity contribution in [2.75, 3.05) is 37.7 Å². The Kier molecular flexibility index (Phi) is 11.2. The minimum atomic E-state index is -0.0824. The Hall–Kier alpha value is -0.590. The maximum Gasteiger partial charge on any atom is 0.177 e. The van der Waals surface area contributed by atoms with Crippen LogP contribution in [0.1, 0.15) is 10.4 Å². The zero-order chi connectivity index (χ0) is 11.4. The smallest absolute Gasteiger partial charge is 0.177 e. The number of ketones is 1. The highest BCUT2D eigenvalue weighted by atomic mass is 35.5. The number of morpholine rings is 1. The molecule has 1 aromatic rings. The van der Waals surface area contributed by atoms with Gasteiger partial charge in [0.2, 0.25) is 0 Å². The molecule has 1 saturated heterocycles. The van der Waals surface area contributed by atoms with Gasteiger partial charge in [0.1, 0.15) is 5.82 Å². The summed E-state index contributed by atoms with van der Waals surface area (Å²) in [5.41, 5.74) is 5.85. The van der Waals surface area contributed by atoms with Crippen LogP contribution in [0.4, 0.5) is 5.82 Å². The summed E-state index contributed by atoms with van der Waals surface area (Å²) in [5.74, 6) is 0.804. The first-order chi connectivity index (χ1) is 7.81. The molecule has 2 rings (SSSR count). The molecule has 0 spiro atoms. The van der Waals surface area contributed by atoms with Crippen LogP contribution in [0.5, 0.6) is 0 Å². The third-order valence-electron chi connectivity index (χ3n) is 2.59. The van der Waals surface area contributed by atoms with E-state index in [1.807, 2.05) is 6.07 Å². The summed E-state index contributed by atoms with van der Waals surface area (Å²) in [6, 6.07) is 3.63. The number of carbonyl (C=O) groups excluding carboxylic acids is 1. The molecule has 1 aromatic heterocycles. The van der Waals surface area contributed by atoms with Gasteiger partial charge in [0, 0.05) is 24.8 Å². The molecule has 1 fully saturated rings. The Balaban J connectivity index is 0. The van der Waals surface area contributed by atoms with E-state index in [4.69, 9.17) is 10.5 Å². The molecule has 0 radical (unpaired) electrons. The average Bonchev–Trinajstić information content (AvgIpc) is 2.39. The van der Waals surface area contributed by atoms with Crippen molar-refractivity contribution in [1.82, 2.24) is 4.98 Å². The molecule has 19 heavy (non-hydrogen) atoms. The zero-order valence-corrected chi connectivity index (χ0v) is 12.7. The van der Waals surface area contributed by atoms with E-state index in [0.717, 1.165) is 32.1 Å². The largest absolute Gasteiger partial charge is 0.378 e. The first kappa shape index (κ1) is 20.7. The Morgan fingerprint density at radius 1 is 1.26 bits per heavy atom. The van der Waals surface area contributed by atoms with Crippen molar-refractivity contribution in [3.8, 4) is 0 Å². The van der Waals surface area contributed by atoms with Crippen LogP contribution in [-0.4, -0.2) is 43.6 Å². The summed E-state index contributed by atoms with van der Waals surface area (Å²) in [4.78, 5) is 17.7. The van der Waals surface area contributed by atoms with Crippen LogP contribution in [0.25, 0.3) is 0 Å². The zero-order valence-electron chi connectivity index (χ0n) is 10.3. The number of ether oxygens (including phenoxy) is 1. The molecule has 1 aliphatic heterocycles. The SMILES string of the molecule is Cl.Cl.Cl.NCC(=O)c1ccc(N2CCOCC2)nc1. The molecule has 2 heterocycles. The van der Waals surface area contributed by atoms with E-state index < -0.39 is 0 Å². The summed E-state index contributed by atoms with van der Waals surface area (Å²) in [6.45, 7) is 3.17. The fourth-order valence-electron chi connectivity index (χ4n) is 1.65. The number of hydrogen-bond acceptors (Lipinski definition) is 5. The Morgan fingerprint density at radius 3 is 2.37 bits per heavy atom. The predicted octanol–water partition coefficient (Wildman–Crippen LogP) is 1.33. The lowest BCUT2D eigenvalue weighted by Crippen LogP contribution is -2.36. The van der Waals surface area contributed by atoms with Crippen LogP contribution in [0.3, 0.4) is 0 Å². The Morgan fingerprint density at radius 2 is 1.89 bits per heavy atom. The first-order valence-electron chi connectivity index (χ1n) is 5.33. The molecule has 110 valence electrons. The van der Waals surface area contributed by atoms with Crippen molar-refractivity contribution in [1.29, 1.82) is 0 Å². The number of pyridine rings is 1. The van der Waals surface area contributed by atoms with Crippen molar-refractivity contribution in [2.24, 2.45) is 5.73 Å². The second kappa shape index (κ2) is 10.2. The standard InChI is InChI=1S/C11H15N3O2.3ClH/c12-7-10(15)9-1-2-11(13-8-9)14-3-5-16-6-4-14;;;/h1-2,8H,3-7,12H2;3*1H. The highest BCUT2D eigenvalue weighted by molar-refractivity contribution is 5.97. The molecule has 0 atom stereocenters. The van der Waals surface area contributed by atoms with Crippen LogP contribution < -0.4 is 10.6 Å². The lowest BCUT2D eigenvalue weighted by atomic mass is 10.2. The number of carbonyl (C=O) groups is 1. The Bertz CT molecular complexity index is 370. The number of Topliss-reactive ketones (excluding diaryl/α,β-unsaturated/α-hetero) is 1. The van der Waals surface area contributed by atoms with Gasteiger partial charge in [0.05, 0.1) is 19.8 Å². The summed E-state index contributed by atoms with van der Waals surface area (Å²) in [5, 5.41) is 0. The molecule has 0 unspecified atom stereocenters. The molecule has 0 amide bonds. The molecular formula is C11H18Cl3N3O2. The lowest BCUT2D eigenvalue weighted by molar-refractivity contribution is 0.100. The van der Waals surface area contributed by atoms with Crippen molar-refractivity contribution in [3.63, 3.8) is 0 Å². The van der Waals surface area contributed by atoms with E-state index in [0.29, 0.717) is 5.56 Å². The van der Waals surface area contributed by atoms with Gasteiger partial charge in [-0.3, -0.25) is 4.79 Å². The van der Waals surface area contributed by atoms with E-state index in [2.05, 4.69) is 9.88 Å². The maximum atomic E-state index is 11.3. The maximum absolute atomic E-state index is 11.3. The quantitative estimate of drug-likeness (QED) is 0.847. The van der Waals surface area contributed by atoms with E-state index >= 15 is 0 Å². The fourth-order valence-corrected chi connectivity index (χ4v) is 1.65. The number of nitrogens with zero attached hydrogens (tertiary/aromatic N) is 2. The van der Waals surface area contributed by atoms with Crippen LogP contribution in [0.15, 0.2) is 18.3 Å². The summed E-state index contributed by atoms with van der Waals surface area (Å²) in [7, 11) is 0. The molecule has 0 saturated carbocycles. The van der Waals surface area contributed by atoms with E-state index in [-0.39, 0.29) is 49.5 Å². The average molecular weight is 331 g/mol. The number of aromatic nitrogens is 1. The number of anilines is 1. The number of halogens is 3. The normalized spacial score (nSPS) is 13.6. The molecule has 1 aliphatic rings. The monoisotopic (exact) mass is 329 g/mol. The molecule has 0 aromatic carbocycles. The van der Waals surface area contributed by atoms with Gasteiger partial charge in [-0.05, 0) is 12.1 Å². The summed E-state index contributed by atoms with van der Waals surface area (Å²) < 4.78 is 5.26. The predicted molar refractivity (Wildman–Crippen MR) is 82.4 cm³/mol. The van der Waals surface area contributed by atoms with E-state index in [9.17, 15) is 4.79 Å². The number of nitrogens with two attached hydrogens (primary N) is 1. The molecular weight excluding hydrogens is 312 g/mol. The minimum absolute atomic E-state index is 0. The van der Waals surface area contributed by atoms with Gasteiger partial charge in [-0.2, -0.15) is 0 Å². The number of hydrogen-bond donors (Lipinski definition) is 1. The van der Waals surface area contributed by atoms with Crippen molar-refractivity contribution >= 4 is 48.8 Å². The van der Waals surface area contributed by atoms with Crippen LogP contribution in [-0.2, 0) is 4.74 Å². The number of rotatable bonds is 3.